The van der Waals surface area contributed by atoms with Gasteiger partial charge in [-0.3, -0.25) is 4.90 Å². The summed E-state index contributed by atoms with van der Waals surface area (Å²) in [6, 6.07) is 20.9. The normalized spacial score (nSPS) is 15.7. The van der Waals surface area contributed by atoms with Gasteiger partial charge in [-0.1, -0.05) is 18.6 Å². The first-order chi connectivity index (χ1) is 17.8. The fourth-order valence-corrected chi connectivity index (χ4v) is 6.26. The number of hydrogen-bond acceptors (Lipinski definition) is 6. The van der Waals surface area contributed by atoms with Gasteiger partial charge in [-0.2, -0.15) is 0 Å². The summed E-state index contributed by atoms with van der Waals surface area (Å²) in [5, 5.41) is 4.54. The Balaban J connectivity index is 1.23. The largest absolute Gasteiger partial charge is 0.497 e. The summed E-state index contributed by atoms with van der Waals surface area (Å²) in [4.78, 5) is 3.63. The van der Waals surface area contributed by atoms with Crippen LogP contribution in [0.15, 0.2) is 60.7 Å². The lowest BCUT2D eigenvalue weighted by molar-refractivity contribution is 0.183. The second-order valence-electron chi connectivity index (χ2n) is 9.53. The van der Waals surface area contributed by atoms with Gasteiger partial charge in [0, 0.05) is 29.7 Å². The molecule has 1 saturated heterocycles. The molecule has 1 N–H and O–H groups in total. The molecule has 1 aromatic heterocycles. The number of fused-ring (bicyclic) bond motifs is 2. The molecule has 4 aromatic rings. The quantitative estimate of drug-likeness (QED) is 0.287. The van der Waals surface area contributed by atoms with Crippen LogP contribution in [0.3, 0.4) is 0 Å². The Morgan fingerprint density at radius 1 is 0.833 bits per heavy atom. The van der Waals surface area contributed by atoms with E-state index in [9.17, 15) is 0 Å². The Morgan fingerprint density at radius 2 is 1.61 bits per heavy atom. The molecule has 0 bridgehead atoms. The molecule has 0 saturated carbocycles. The summed E-state index contributed by atoms with van der Waals surface area (Å²) in [5.74, 6) is 3.43. The highest BCUT2D eigenvalue weighted by Gasteiger charge is 2.19. The third-order valence-electron chi connectivity index (χ3n) is 7.12. The second-order valence-corrected chi connectivity index (χ2v) is 10.6. The van der Waals surface area contributed by atoms with Gasteiger partial charge in [0.15, 0.2) is 5.75 Å². The number of thiophene rings is 1. The predicted octanol–water partition coefficient (Wildman–Crippen LogP) is 6.84. The highest BCUT2D eigenvalue weighted by molar-refractivity contribution is 7.22. The second kappa shape index (κ2) is 10.5. The first-order valence-corrected chi connectivity index (χ1v) is 13.6. The van der Waals surface area contributed by atoms with Crippen molar-refractivity contribution >= 4 is 21.4 Å². The Labute approximate surface area is 216 Å². The van der Waals surface area contributed by atoms with E-state index >= 15 is 0 Å². The molecule has 3 aromatic carbocycles. The van der Waals surface area contributed by atoms with Gasteiger partial charge in [-0.15, -0.1) is 11.3 Å². The summed E-state index contributed by atoms with van der Waals surface area (Å²) in [6.07, 6.45) is 3.97. The van der Waals surface area contributed by atoms with E-state index in [0.717, 1.165) is 57.6 Å². The summed E-state index contributed by atoms with van der Waals surface area (Å²) in [7, 11) is 1.71. The van der Waals surface area contributed by atoms with Crippen molar-refractivity contribution in [2.75, 3.05) is 33.4 Å². The monoisotopic (exact) mass is 500 g/mol. The van der Waals surface area contributed by atoms with Crippen LogP contribution in [0.4, 0.5) is 0 Å². The van der Waals surface area contributed by atoms with Crippen LogP contribution >= 0.6 is 11.3 Å². The number of hydrogen-bond donors (Lipinski definition) is 1. The van der Waals surface area contributed by atoms with Crippen molar-refractivity contribution < 1.29 is 14.2 Å². The molecule has 6 heteroatoms. The van der Waals surface area contributed by atoms with Crippen LogP contribution < -0.4 is 19.5 Å². The van der Waals surface area contributed by atoms with E-state index in [1.807, 2.05) is 30.3 Å². The molecule has 6 rings (SSSR count). The SMILES string of the molecule is COc1ccc2c(Oc3ccc(OCCN4CCCCC4)cc3)c(-c3ccc4c(c3)CNC4)sc2c1. The van der Waals surface area contributed by atoms with Gasteiger partial charge in [0.1, 0.15) is 23.9 Å². The third kappa shape index (κ3) is 4.94. The number of rotatable bonds is 8. The van der Waals surface area contributed by atoms with Crippen molar-refractivity contribution in [1.82, 2.24) is 10.2 Å². The van der Waals surface area contributed by atoms with E-state index in [1.165, 1.54) is 49.0 Å². The predicted molar refractivity (Wildman–Crippen MR) is 147 cm³/mol. The van der Waals surface area contributed by atoms with Gasteiger partial charge in [-0.25, -0.2) is 0 Å². The summed E-state index contributed by atoms with van der Waals surface area (Å²) in [5.41, 5.74) is 3.92. The standard InChI is InChI=1S/C30H32N2O3S/c1-33-26-11-12-27-28(18-26)36-30(21-5-6-22-19-31-20-23(22)17-21)29(27)35-25-9-7-24(8-10-25)34-16-15-32-13-3-2-4-14-32/h5-12,17-18,31H,2-4,13-16,19-20H2,1H3. The van der Waals surface area contributed by atoms with E-state index in [-0.39, 0.29) is 0 Å². The number of piperidine rings is 1. The molecular weight excluding hydrogens is 468 g/mol. The van der Waals surface area contributed by atoms with Crippen molar-refractivity contribution in [3.8, 4) is 33.4 Å². The highest BCUT2D eigenvalue weighted by atomic mass is 32.1. The lowest BCUT2D eigenvalue weighted by Crippen LogP contribution is -2.33. The van der Waals surface area contributed by atoms with Gasteiger partial charge >= 0.3 is 0 Å². The molecule has 5 nitrogen and oxygen atoms in total. The minimum absolute atomic E-state index is 0.717. The average Bonchev–Trinajstić information content (AvgIpc) is 3.54. The summed E-state index contributed by atoms with van der Waals surface area (Å²) < 4.78 is 19.2. The number of ether oxygens (including phenoxy) is 3. The fourth-order valence-electron chi connectivity index (χ4n) is 5.11. The molecule has 0 aliphatic carbocycles. The molecule has 3 heterocycles. The fraction of sp³-hybridized carbons (Fsp3) is 0.333. The Kier molecular flexibility index (Phi) is 6.81. The van der Waals surface area contributed by atoms with E-state index in [1.54, 1.807) is 18.4 Å². The summed E-state index contributed by atoms with van der Waals surface area (Å²) >= 11 is 1.74. The zero-order chi connectivity index (χ0) is 24.3. The minimum Gasteiger partial charge on any atom is -0.497 e. The average molecular weight is 501 g/mol. The Morgan fingerprint density at radius 3 is 2.44 bits per heavy atom. The molecule has 0 spiro atoms. The van der Waals surface area contributed by atoms with Gasteiger partial charge in [0.25, 0.3) is 0 Å². The molecule has 1 fully saturated rings. The van der Waals surface area contributed by atoms with Crippen molar-refractivity contribution in [3.05, 3.63) is 71.8 Å². The Hall–Kier alpha value is -3.06. The van der Waals surface area contributed by atoms with Crippen LogP contribution in [-0.2, 0) is 13.1 Å². The molecule has 36 heavy (non-hydrogen) atoms. The van der Waals surface area contributed by atoms with Crippen molar-refractivity contribution in [2.45, 2.75) is 32.4 Å². The first-order valence-electron chi connectivity index (χ1n) is 12.8. The molecule has 0 radical (unpaired) electrons. The van der Waals surface area contributed by atoms with Crippen molar-refractivity contribution in [1.29, 1.82) is 0 Å². The first kappa shape index (κ1) is 23.3. The topological polar surface area (TPSA) is 43.0 Å². The van der Waals surface area contributed by atoms with Gasteiger partial charge in [0.2, 0.25) is 0 Å². The van der Waals surface area contributed by atoms with Crippen LogP contribution in [-0.4, -0.2) is 38.3 Å². The smallest absolute Gasteiger partial charge is 0.153 e. The number of likely N-dealkylation sites (tertiary alicyclic amines) is 1. The highest BCUT2D eigenvalue weighted by Crippen LogP contribution is 2.47. The van der Waals surface area contributed by atoms with E-state index in [4.69, 9.17) is 14.2 Å². The molecule has 2 aliphatic heterocycles. The van der Waals surface area contributed by atoms with Gasteiger partial charge in [-0.05, 0) is 91.2 Å². The van der Waals surface area contributed by atoms with E-state index < -0.39 is 0 Å². The maximum absolute atomic E-state index is 6.55. The molecule has 0 amide bonds. The third-order valence-corrected chi connectivity index (χ3v) is 8.30. The van der Waals surface area contributed by atoms with Gasteiger partial charge < -0.3 is 19.5 Å². The zero-order valence-electron chi connectivity index (χ0n) is 20.7. The molecule has 0 unspecified atom stereocenters. The van der Waals surface area contributed by atoms with Crippen LogP contribution in [0.1, 0.15) is 30.4 Å². The molecule has 186 valence electrons. The lowest BCUT2D eigenvalue weighted by atomic mass is 10.0. The maximum Gasteiger partial charge on any atom is 0.153 e. The molecule has 0 atom stereocenters. The van der Waals surface area contributed by atoms with Crippen LogP contribution in [0.25, 0.3) is 20.5 Å². The lowest BCUT2D eigenvalue weighted by Gasteiger charge is -2.26. The minimum atomic E-state index is 0.717. The molecule has 2 aliphatic rings. The number of nitrogens with zero attached hydrogens (tertiary/aromatic N) is 1. The van der Waals surface area contributed by atoms with E-state index in [2.05, 4.69) is 40.5 Å². The maximum atomic E-state index is 6.55. The molecular formula is C30H32N2O3S. The Bertz CT molecular complexity index is 1340. The zero-order valence-corrected chi connectivity index (χ0v) is 21.5. The number of benzene rings is 3. The van der Waals surface area contributed by atoms with Crippen LogP contribution in [0.2, 0.25) is 0 Å². The van der Waals surface area contributed by atoms with Crippen molar-refractivity contribution in [3.63, 3.8) is 0 Å². The summed E-state index contributed by atoms with van der Waals surface area (Å²) in [6.45, 7) is 5.95. The number of methoxy groups -OCH3 is 1. The van der Waals surface area contributed by atoms with Gasteiger partial charge in [0.05, 0.1) is 12.0 Å². The van der Waals surface area contributed by atoms with Crippen molar-refractivity contribution in [2.24, 2.45) is 0 Å². The van der Waals surface area contributed by atoms with E-state index in [0.29, 0.717) is 6.61 Å². The number of nitrogens with one attached hydrogen (secondary N) is 1. The van der Waals surface area contributed by atoms with Crippen LogP contribution in [0, 0.1) is 0 Å². The van der Waals surface area contributed by atoms with Crippen LogP contribution in [0.5, 0.6) is 23.0 Å².